The lowest BCUT2D eigenvalue weighted by molar-refractivity contribution is -0.120. The van der Waals surface area contributed by atoms with Gasteiger partial charge in [-0.15, -0.1) is 0 Å². The van der Waals surface area contributed by atoms with E-state index in [1.807, 2.05) is 0 Å². The van der Waals surface area contributed by atoms with Crippen LogP contribution in [0.2, 0.25) is 0 Å². The molecule has 0 radical (unpaired) electrons. The normalized spacial score (nSPS) is 24.1. The standard InChI is InChI=1S/C15H24N2O/c1-4-14(5-2)17-9-8-13(16-17)10-12-6-7-15(18)11(12)3/h8-9,11-12,14H,4-7,10H2,1-3H3. The molecule has 0 saturated heterocycles. The van der Waals surface area contributed by atoms with Gasteiger partial charge in [-0.1, -0.05) is 20.8 Å². The van der Waals surface area contributed by atoms with Gasteiger partial charge in [0.15, 0.2) is 0 Å². The van der Waals surface area contributed by atoms with Crippen LogP contribution in [0.4, 0.5) is 0 Å². The van der Waals surface area contributed by atoms with Crippen molar-refractivity contribution in [2.24, 2.45) is 11.8 Å². The van der Waals surface area contributed by atoms with Crippen LogP contribution in [0.1, 0.15) is 58.2 Å². The fourth-order valence-corrected chi connectivity index (χ4v) is 2.97. The third-order valence-corrected chi connectivity index (χ3v) is 4.43. The first-order chi connectivity index (χ1) is 8.65. The number of hydrogen-bond acceptors (Lipinski definition) is 2. The van der Waals surface area contributed by atoms with E-state index >= 15 is 0 Å². The summed E-state index contributed by atoms with van der Waals surface area (Å²) in [7, 11) is 0. The van der Waals surface area contributed by atoms with Crippen molar-refractivity contribution in [3.8, 4) is 0 Å². The first-order valence-electron chi connectivity index (χ1n) is 7.22. The molecule has 3 nitrogen and oxygen atoms in total. The molecule has 2 unspecified atom stereocenters. The number of carbonyl (C=O) groups excluding carboxylic acids is 1. The van der Waals surface area contributed by atoms with Crippen LogP contribution in [0.3, 0.4) is 0 Å². The van der Waals surface area contributed by atoms with E-state index < -0.39 is 0 Å². The molecule has 1 aromatic rings. The first-order valence-corrected chi connectivity index (χ1v) is 7.22. The second-order valence-corrected chi connectivity index (χ2v) is 5.52. The minimum absolute atomic E-state index is 0.225. The molecular formula is C15H24N2O. The maximum atomic E-state index is 11.6. The lowest BCUT2D eigenvalue weighted by Gasteiger charge is -2.14. The van der Waals surface area contributed by atoms with Crippen molar-refractivity contribution in [1.29, 1.82) is 0 Å². The van der Waals surface area contributed by atoms with Gasteiger partial charge in [0.05, 0.1) is 11.7 Å². The van der Waals surface area contributed by atoms with Crippen LogP contribution in [-0.2, 0) is 11.2 Å². The zero-order valence-corrected chi connectivity index (χ0v) is 11.7. The second-order valence-electron chi connectivity index (χ2n) is 5.52. The van der Waals surface area contributed by atoms with Crippen LogP contribution in [0.25, 0.3) is 0 Å². The maximum absolute atomic E-state index is 11.6. The van der Waals surface area contributed by atoms with E-state index in [1.165, 1.54) is 0 Å². The molecule has 2 rings (SSSR count). The monoisotopic (exact) mass is 248 g/mol. The zero-order chi connectivity index (χ0) is 13.1. The Morgan fingerprint density at radius 3 is 2.72 bits per heavy atom. The van der Waals surface area contributed by atoms with Crippen molar-refractivity contribution >= 4 is 5.78 Å². The Kier molecular flexibility index (Phi) is 4.20. The summed E-state index contributed by atoms with van der Waals surface area (Å²) in [5.41, 5.74) is 1.15. The molecular weight excluding hydrogens is 224 g/mol. The Morgan fingerprint density at radius 1 is 1.44 bits per heavy atom. The Labute approximate surface area is 110 Å². The van der Waals surface area contributed by atoms with Gasteiger partial charge in [-0.2, -0.15) is 5.10 Å². The molecule has 100 valence electrons. The van der Waals surface area contributed by atoms with Crippen LogP contribution in [0.5, 0.6) is 0 Å². The minimum atomic E-state index is 0.225. The van der Waals surface area contributed by atoms with Crippen LogP contribution in [-0.4, -0.2) is 15.6 Å². The summed E-state index contributed by atoms with van der Waals surface area (Å²) in [6.07, 6.45) is 7.09. The number of Topliss-reactive ketones (excluding diaryl/α,β-unsaturated/α-hetero) is 1. The Hall–Kier alpha value is -1.12. The highest BCUT2D eigenvalue weighted by molar-refractivity contribution is 5.83. The molecule has 0 N–H and O–H groups in total. The number of rotatable bonds is 5. The van der Waals surface area contributed by atoms with Crippen LogP contribution >= 0.6 is 0 Å². The molecule has 1 aliphatic carbocycles. The molecule has 2 atom stereocenters. The predicted octanol–water partition coefficient (Wildman–Crippen LogP) is 3.40. The topological polar surface area (TPSA) is 34.9 Å². The van der Waals surface area contributed by atoms with Gasteiger partial charge in [-0.05, 0) is 37.7 Å². The summed E-state index contributed by atoms with van der Waals surface area (Å²) in [6, 6.07) is 2.63. The van der Waals surface area contributed by atoms with Crippen LogP contribution in [0, 0.1) is 11.8 Å². The number of nitrogens with zero attached hydrogens (tertiary/aromatic N) is 2. The summed E-state index contributed by atoms with van der Waals surface area (Å²) in [4.78, 5) is 11.6. The quantitative estimate of drug-likeness (QED) is 0.800. The highest BCUT2D eigenvalue weighted by Gasteiger charge is 2.31. The Balaban J connectivity index is 2.00. The van der Waals surface area contributed by atoms with Crippen molar-refractivity contribution in [1.82, 2.24) is 9.78 Å². The van der Waals surface area contributed by atoms with E-state index in [-0.39, 0.29) is 5.92 Å². The van der Waals surface area contributed by atoms with Gasteiger partial charge in [0, 0.05) is 18.5 Å². The highest BCUT2D eigenvalue weighted by Crippen LogP contribution is 2.31. The number of hydrogen-bond donors (Lipinski definition) is 0. The maximum Gasteiger partial charge on any atom is 0.136 e. The minimum Gasteiger partial charge on any atom is -0.299 e. The van der Waals surface area contributed by atoms with Crippen molar-refractivity contribution < 1.29 is 4.79 Å². The lowest BCUT2D eigenvalue weighted by Crippen LogP contribution is -2.14. The van der Waals surface area contributed by atoms with Crippen molar-refractivity contribution in [3.05, 3.63) is 18.0 Å². The average molecular weight is 248 g/mol. The summed E-state index contributed by atoms with van der Waals surface area (Å²) in [5, 5.41) is 4.68. The smallest absolute Gasteiger partial charge is 0.136 e. The van der Waals surface area contributed by atoms with Gasteiger partial charge >= 0.3 is 0 Å². The van der Waals surface area contributed by atoms with Gasteiger partial charge in [0.1, 0.15) is 5.78 Å². The molecule has 1 aliphatic rings. The predicted molar refractivity (Wildman–Crippen MR) is 72.4 cm³/mol. The van der Waals surface area contributed by atoms with Crippen LogP contribution < -0.4 is 0 Å². The van der Waals surface area contributed by atoms with Gasteiger partial charge in [-0.3, -0.25) is 9.48 Å². The number of carbonyl (C=O) groups is 1. The molecule has 0 spiro atoms. The molecule has 0 bridgehead atoms. The van der Waals surface area contributed by atoms with E-state index in [4.69, 9.17) is 0 Å². The highest BCUT2D eigenvalue weighted by atomic mass is 16.1. The van der Waals surface area contributed by atoms with Crippen molar-refractivity contribution in [3.63, 3.8) is 0 Å². The number of aromatic nitrogens is 2. The molecule has 3 heteroatoms. The average Bonchev–Trinajstić information content (AvgIpc) is 2.94. The summed E-state index contributed by atoms with van der Waals surface area (Å²) >= 11 is 0. The third kappa shape index (κ3) is 2.65. The van der Waals surface area contributed by atoms with E-state index in [2.05, 4.69) is 42.8 Å². The molecule has 1 fully saturated rings. The summed E-state index contributed by atoms with van der Waals surface area (Å²) < 4.78 is 2.09. The summed E-state index contributed by atoms with van der Waals surface area (Å²) in [6.45, 7) is 6.47. The first kappa shape index (κ1) is 13.3. The summed E-state index contributed by atoms with van der Waals surface area (Å²) in [5.74, 6) is 1.16. The van der Waals surface area contributed by atoms with E-state index in [0.717, 1.165) is 37.8 Å². The third-order valence-electron chi connectivity index (χ3n) is 4.43. The fourth-order valence-electron chi connectivity index (χ4n) is 2.97. The molecule has 0 amide bonds. The van der Waals surface area contributed by atoms with Crippen molar-refractivity contribution in [2.75, 3.05) is 0 Å². The van der Waals surface area contributed by atoms with E-state index in [1.54, 1.807) is 0 Å². The Morgan fingerprint density at radius 2 is 2.17 bits per heavy atom. The SMILES string of the molecule is CCC(CC)n1ccc(CC2CCC(=O)C2C)n1. The molecule has 1 saturated carbocycles. The largest absolute Gasteiger partial charge is 0.299 e. The molecule has 18 heavy (non-hydrogen) atoms. The van der Waals surface area contributed by atoms with E-state index in [0.29, 0.717) is 17.7 Å². The molecule has 0 aliphatic heterocycles. The van der Waals surface area contributed by atoms with Crippen molar-refractivity contribution in [2.45, 2.75) is 58.9 Å². The van der Waals surface area contributed by atoms with Gasteiger partial charge in [0.25, 0.3) is 0 Å². The number of ketones is 1. The second kappa shape index (κ2) is 5.68. The van der Waals surface area contributed by atoms with Gasteiger partial charge < -0.3 is 0 Å². The lowest BCUT2D eigenvalue weighted by atomic mass is 9.93. The molecule has 0 aromatic carbocycles. The fraction of sp³-hybridized carbons (Fsp3) is 0.733. The van der Waals surface area contributed by atoms with Crippen LogP contribution in [0.15, 0.2) is 12.3 Å². The Bertz CT molecular complexity index is 406. The zero-order valence-electron chi connectivity index (χ0n) is 11.7. The van der Waals surface area contributed by atoms with Gasteiger partial charge in [-0.25, -0.2) is 0 Å². The molecule has 1 heterocycles. The van der Waals surface area contributed by atoms with E-state index in [9.17, 15) is 4.79 Å². The molecule has 1 aromatic heterocycles. The van der Waals surface area contributed by atoms with Gasteiger partial charge in [0.2, 0.25) is 0 Å².